The van der Waals surface area contributed by atoms with Gasteiger partial charge in [0.1, 0.15) is 0 Å². The molecule has 3 rings (SSSR count). The van der Waals surface area contributed by atoms with Crippen molar-refractivity contribution in [3.05, 3.63) is 41.2 Å². The lowest BCUT2D eigenvalue weighted by atomic mass is 10.2. The molecule has 2 heterocycles. The number of hydrogen-bond acceptors (Lipinski definition) is 4. The van der Waals surface area contributed by atoms with Crippen molar-refractivity contribution in [2.45, 2.75) is 19.9 Å². The van der Waals surface area contributed by atoms with Crippen LogP contribution in [0.2, 0.25) is 0 Å². The fraction of sp³-hybridized carbons (Fsp3) is 0.286. The maximum atomic E-state index is 4.45. The van der Waals surface area contributed by atoms with Crippen LogP contribution in [0.1, 0.15) is 18.3 Å². The number of rotatable bonds is 4. The molecule has 1 aromatic carbocycles. The van der Waals surface area contributed by atoms with Gasteiger partial charge in [-0.25, -0.2) is 4.98 Å². The summed E-state index contributed by atoms with van der Waals surface area (Å²) in [4.78, 5) is 4.28. The largest absolute Gasteiger partial charge is 0.379 e. The molecule has 0 aliphatic rings. The second-order valence-corrected chi connectivity index (χ2v) is 5.38. The molecule has 1 N–H and O–H groups in total. The second-order valence-electron chi connectivity index (χ2n) is 4.49. The van der Waals surface area contributed by atoms with E-state index in [0.29, 0.717) is 0 Å². The predicted octanol–water partition coefficient (Wildman–Crippen LogP) is 3.20. The van der Waals surface area contributed by atoms with E-state index < -0.39 is 0 Å². The minimum absolute atomic E-state index is 0.786. The number of fused-ring (bicyclic) bond motifs is 1. The van der Waals surface area contributed by atoms with Crippen molar-refractivity contribution in [3.63, 3.8) is 0 Å². The summed E-state index contributed by atoms with van der Waals surface area (Å²) in [5.74, 6) is 0. The van der Waals surface area contributed by atoms with Gasteiger partial charge in [-0.15, -0.1) is 11.3 Å². The van der Waals surface area contributed by atoms with Crippen LogP contribution in [-0.4, -0.2) is 14.8 Å². The summed E-state index contributed by atoms with van der Waals surface area (Å²) < 4.78 is 3.15. The Kier molecular flexibility index (Phi) is 3.21. The Balaban J connectivity index is 1.75. The lowest BCUT2D eigenvalue weighted by Crippen LogP contribution is -2.05. The quantitative estimate of drug-likeness (QED) is 0.793. The molecule has 0 saturated carbocycles. The van der Waals surface area contributed by atoms with Gasteiger partial charge in [-0.2, -0.15) is 5.10 Å². The third kappa shape index (κ3) is 2.46. The molecule has 0 atom stereocenters. The first-order chi connectivity index (χ1) is 9.26. The van der Waals surface area contributed by atoms with Crippen LogP contribution in [0.15, 0.2) is 29.8 Å². The van der Waals surface area contributed by atoms with E-state index in [1.807, 2.05) is 17.2 Å². The molecular weight excluding hydrogens is 256 g/mol. The number of nitrogens with one attached hydrogen (secondary N) is 1. The minimum Gasteiger partial charge on any atom is -0.379 e. The fourth-order valence-corrected chi connectivity index (χ4v) is 2.78. The van der Waals surface area contributed by atoms with Crippen molar-refractivity contribution in [1.29, 1.82) is 0 Å². The van der Waals surface area contributed by atoms with Gasteiger partial charge in [0.05, 0.1) is 33.7 Å². The minimum atomic E-state index is 0.786. The van der Waals surface area contributed by atoms with Gasteiger partial charge in [0.2, 0.25) is 0 Å². The van der Waals surface area contributed by atoms with E-state index in [0.717, 1.165) is 29.9 Å². The lowest BCUT2D eigenvalue weighted by Gasteiger charge is -2.06. The molecule has 0 bridgehead atoms. The maximum absolute atomic E-state index is 4.45. The SMILES string of the molecule is CCc1cc(CNc2ccc3ncsc3c2)n(C)n1. The van der Waals surface area contributed by atoms with Gasteiger partial charge < -0.3 is 5.32 Å². The zero-order valence-electron chi connectivity index (χ0n) is 11.1. The average Bonchev–Trinajstić information content (AvgIpc) is 3.02. The molecule has 0 spiro atoms. The standard InChI is InChI=1S/C14H16N4S/c1-3-10-6-12(18(2)17-10)8-15-11-4-5-13-14(7-11)19-9-16-13/h4-7,9,15H,3,8H2,1-2H3. The molecule has 3 aromatic rings. The van der Waals surface area contributed by atoms with Crippen LogP contribution in [0.5, 0.6) is 0 Å². The summed E-state index contributed by atoms with van der Waals surface area (Å²) in [6, 6.07) is 8.41. The molecule has 0 unspecified atom stereocenters. The first kappa shape index (κ1) is 12.2. The van der Waals surface area contributed by atoms with Gasteiger partial charge in [0.15, 0.2) is 0 Å². The highest BCUT2D eigenvalue weighted by Gasteiger charge is 2.04. The van der Waals surface area contributed by atoms with E-state index in [1.165, 1.54) is 10.4 Å². The predicted molar refractivity (Wildman–Crippen MR) is 79.5 cm³/mol. The number of aromatic nitrogens is 3. The summed E-state index contributed by atoms with van der Waals surface area (Å²) in [6.07, 6.45) is 0.973. The van der Waals surface area contributed by atoms with Crippen molar-refractivity contribution in [2.24, 2.45) is 7.05 Å². The summed E-state index contributed by atoms with van der Waals surface area (Å²) >= 11 is 1.67. The molecular formula is C14H16N4S. The fourth-order valence-electron chi connectivity index (χ4n) is 2.07. The van der Waals surface area contributed by atoms with E-state index in [4.69, 9.17) is 0 Å². The molecule has 0 fully saturated rings. The topological polar surface area (TPSA) is 42.7 Å². The summed E-state index contributed by atoms with van der Waals surface area (Å²) in [5, 5.41) is 7.89. The Hall–Kier alpha value is -1.88. The Morgan fingerprint density at radius 3 is 3.00 bits per heavy atom. The number of anilines is 1. The molecule has 0 saturated heterocycles. The Bertz CT molecular complexity index is 698. The molecule has 19 heavy (non-hydrogen) atoms. The second kappa shape index (κ2) is 5.01. The molecule has 0 amide bonds. The van der Waals surface area contributed by atoms with Gasteiger partial charge in [-0.1, -0.05) is 6.92 Å². The van der Waals surface area contributed by atoms with Crippen molar-refractivity contribution in [1.82, 2.24) is 14.8 Å². The van der Waals surface area contributed by atoms with Gasteiger partial charge in [0, 0.05) is 12.7 Å². The third-order valence-electron chi connectivity index (χ3n) is 3.19. The van der Waals surface area contributed by atoms with E-state index >= 15 is 0 Å². The van der Waals surface area contributed by atoms with Crippen LogP contribution in [0.4, 0.5) is 5.69 Å². The molecule has 0 radical (unpaired) electrons. The highest BCUT2D eigenvalue weighted by Crippen LogP contribution is 2.22. The zero-order chi connectivity index (χ0) is 13.2. The van der Waals surface area contributed by atoms with Crippen LogP contribution in [0, 0.1) is 0 Å². The van der Waals surface area contributed by atoms with E-state index in [-0.39, 0.29) is 0 Å². The molecule has 4 nitrogen and oxygen atoms in total. The summed E-state index contributed by atoms with van der Waals surface area (Å²) in [6.45, 7) is 2.91. The van der Waals surface area contributed by atoms with Gasteiger partial charge in [-0.3, -0.25) is 4.68 Å². The Morgan fingerprint density at radius 1 is 1.32 bits per heavy atom. The van der Waals surface area contributed by atoms with Crippen molar-refractivity contribution in [3.8, 4) is 0 Å². The normalized spacial score (nSPS) is 11.1. The highest BCUT2D eigenvalue weighted by molar-refractivity contribution is 7.16. The lowest BCUT2D eigenvalue weighted by molar-refractivity contribution is 0.707. The number of hydrogen-bond donors (Lipinski definition) is 1. The van der Waals surface area contributed by atoms with Crippen LogP contribution >= 0.6 is 11.3 Å². The van der Waals surface area contributed by atoms with E-state index in [1.54, 1.807) is 11.3 Å². The molecule has 2 aromatic heterocycles. The Labute approximate surface area is 116 Å². The van der Waals surface area contributed by atoms with Crippen molar-refractivity contribution < 1.29 is 0 Å². The van der Waals surface area contributed by atoms with E-state index in [2.05, 4.69) is 46.6 Å². The van der Waals surface area contributed by atoms with Gasteiger partial charge in [-0.05, 0) is 30.7 Å². The van der Waals surface area contributed by atoms with Gasteiger partial charge in [0.25, 0.3) is 0 Å². The van der Waals surface area contributed by atoms with Crippen LogP contribution in [0.3, 0.4) is 0 Å². The van der Waals surface area contributed by atoms with Crippen molar-refractivity contribution >= 4 is 27.2 Å². The number of thiazole rings is 1. The average molecular weight is 272 g/mol. The van der Waals surface area contributed by atoms with Crippen LogP contribution < -0.4 is 5.32 Å². The monoisotopic (exact) mass is 272 g/mol. The third-order valence-corrected chi connectivity index (χ3v) is 3.99. The molecule has 98 valence electrons. The van der Waals surface area contributed by atoms with E-state index in [9.17, 15) is 0 Å². The van der Waals surface area contributed by atoms with Crippen LogP contribution in [-0.2, 0) is 20.0 Å². The number of aryl methyl sites for hydroxylation is 2. The smallest absolute Gasteiger partial charge is 0.0813 e. The molecule has 0 aliphatic carbocycles. The van der Waals surface area contributed by atoms with Gasteiger partial charge >= 0.3 is 0 Å². The molecule has 0 aliphatic heterocycles. The zero-order valence-corrected chi connectivity index (χ0v) is 11.9. The summed E-state index contributed by atoms with van der Waals surface area (Å²) in [5.41, 5.74) is 6.39. The van der Waals surface area contributed by atoms with Crippen LogP contribution in [0.25, 0.3) is 10.2 Å². The number of nitrogens with zero attached hydrogens (tertiary/aromatic N) is 3. The summed E-state index contributed by atoms with van der Waals surface area (Å²) in [7, 11) is 1.99. The Morgan fingerprint density at radius 2 is 2.21 bits per heavy atom. The maximum Gasteiger partial charge on any atom is 0.0813 e. The molecule has 5 heteroatoms. The first-order valence-corrected chi connectivity index (χ1v) is 7.23. The number of benzene rings is 1. The highest BCUT2D eigenvalue weighted by atomic mass is 32.1. The van der Waals surface area contributed by atoms with Crippen molar-refractivity contribution in [2.75, 3.05) is 5.32 Å². The first-order valence-electron chi connectivity index (χ1n) is 6.35.